The fourth-order valence-corrected chi connectivity index (χ4v) is 3.64. The predicted octanol–water partition coefficient (Wildman–Crippen LogP) is 4.68. The molecule has 3 aromatic rings. The molecular weight excluding hydrogens is 442 g/mol. The molecule has 0 saturated heterocycles. The number of fused-ring (bicyclic) bond motifs is 1. The van der Waals surface area contributed by atoms with Crippen molar-refractivity contribution in [2.24, 2.45) is 5.73 Å². The molecule has 0 aliphatic rings. The first-order chi connectivity index (χ1) is 15.6. The van der Waals surface area contributed by atoms with Gasteiger partial charge in [0, 0.05) is 36.3 Å². The van der Waals surface area contributed by atoms with Crippen molar-refractivity contribution in [2.45, 2.75) is 32.6 Å². The summed E-state index contributed by atoms with van der Waals surface area (Å²) in [5.74, 6) is 1.94. The van der Waals surface area contributed by atoms with Crippen LogP contribution in [0.4, 0.5) is 17.2 Å². The van der Waals surface area contributed by atoms with E-state index in [1.165, 1.54) is 6.92 Å². The molecule has 3 N–H and O–H groups in total. The third-order valence-corrected chi connectivity index (χ3v) is 5.21. The summed E-state index contributed by atoms with van der Waals surface area (Å²) in [5, 5.41) is 3.68. The number of hydrogen-bond donors (Lipinski definition) is 2. The minimum absolute atomic E-state index is 0. The highest BCUT2D eigenvalue weighted by Crippen LogP contribution is 2.37. The second-order valence-corrected chi connectivity index (χ2v) is 7.50. The number of carbonyl (C=O) groups is 1. The van der Waals surface area contributed by atoms with E-state index in [1.54, 1.807) is 20.5 Å². The van der Waals surface area contributed by atoms with Gasteiger partial charge in [-0.1, -0.05) is 12.8 Å². The number of nitrogens with zero attached hydrogens (tertiary/aromatic N) is 3. The largest absolute Gasteiger partial charge is 0.493 e. The zero-order valence-electron chi connectivity index (χ0n) is 19.3. The van der Waals surface area contributed by atoms with E-state index in [9.17, 15) is 4.79 Å². The molecule has 9 heteroatoms. The van der Waals surface area contributed by atoms with Gasteiger partial charge in [-0.25, -0.2) is 9.97 Å². The van der Waals surface area contributed by atoms with Crippen molar-refractivity contribution in [3.05, 3.63) is 42.7 Å². The van der Waals surface area contributed by atoms with E-state index in [2.05, 4.69) is 20.2 Å². The van der Waals surface area contributed by atoms with Crippen molar-refractivity contribution < 1.29 is 14.3 Å². The van der Waals surface area contributed by atoms with Crippen LogP contribution in [-0.2, 0) is 4.79 Å². The van der Waals surface area contributed by atoms with Gasteiger partial charge in [-0.15, -0.1) is 12.4 Å². The Morgan fingerprint density at radius 2 is 1.67 bits per heavy atom. The molecule has 2 aromatic carbocycles. The Morgan fingerprint density at radius 3 is 2.30 bits per heavy atom. The van der Waals surface area contributed by atoms with Gasteiger partial charge in [0.15, 0.2) is 11.5 Å². The number of amides is 1. The fourth-order valence-electron chi connectivity index (χ4n) is 3.64. The maximum Gasteiger partial charge on any atom is 0.221 e. The molecule has 33 heavy (non-hydrogen) atoms. The number of anilines is 3. The molecule has 1 heterocycles. The molecule has 0 aliphatic heterocycles. The maximum absolute atomic E-state index is 11.4. The molecule has 0 unspecified atom stereocenters. The van der Waals surface area contributed by atoms with Crippen LogP contribution < -0.4 is 25.4 Å². The fraction of sp³-hybridized carbons (Fsp3) is 0.375. The second-order valence-electron chi connectivity index (χ2n) is 7.50. The molecule has 3 rings (SSSR count). The first kappa shape index (κ1) is 26.2. The molecule has 178 valence electrons. The lowest BCUT2D eigenvalue weighted by molar-refractivity contribution is -0.114. The van der Waals surface area contributed by atoms with E-state index in [0.717, 1.165) is 60.3 Å². The molecule has 0 saturated carbocycles. The Labute approximate surface area is 200 Å². The Balaban J connectivity index is 0.00000385. The number of methoxy groups -OCH3 is 2. The first-order valence-electron chi connectivity index (χ1n) is 10.8. The van der Waals surface area contributed by atoms with Crippen molar-refractivity contribution in [1.29, 1.82) is 0 Å². The van der Waals surface area contributed by atoms with Crippen molar-refractivity contribution in [1.82, 2.24) is 9.97 Å². The standard InChI is InChI=1S/C24H31N5O3.ClH/c1-17(30)28-18-8-10-19(11-9-18)29(13-7-5-4-6-12-25)24-20-14-22(31-2)23(32-3)15-21(20)26-16-27-24;/h8-11,14-16H,4-7,12-13,25H2,1-3H3,(H,28,30);1H. The quantitative estimate of drug-likeness (QED) is 0.389. The molecule has 0 aliphatic carbocycles. The highest BCUT2D eigenvalue weighted by molar-refractivity contribution is 5.94. The van der Waals surface area contributed by atoms with E-state index in [1.807, 2.05) is 36.4 Å². The summed E-state index contributed by atoms with van der Waals surface area (Å²) in [4.78, 5) is 22.6. The monoisotopic (exact) mass is 473 g/mol. The zero-order valence-corrected chi connectivity index (χ0v) is 20.2. The lowest BCUT2D eigenvalue weighted by Gasteiger charge is -2.25. The number of ether oxygens (including phenoxy) is 2. The van der Waals surface area contributed by atoms with Crippen molar-refractivity contribution in [3.63, 3.8) is 0 Å². The van der Waals surface area contributed by atoms with Gasteiger partial charge in [-0.3, -0.25) is 4.79 Å². The second kappa shape index (κ2) is 12.8. The predicted molar refractivity (Wildman–Crippen MR) is 135 cm³/mol. The summed E-state index contributed by atoms with van der Waals surface area (Å²) in [6.45, 7) is 2.99. The van der Waals surface area contributed by atoms with E-state index < -0.39 is 0 Å². The van der Waals surface area contributed by atoms with Gasteiger partial charge >= 0.3 is 0 Å². The Hall–Kier alpha value is -3.10. The molecule has 0 bridgehead atoms. The molecule has 0 radical (unpaired) electrons. The lowest BCUT2D eigenvalue weighted by atomic mass is 10.1. The zero-order chi connectivity index (χ0) is 22.9. The smallest absolute Gasteiger partial charge is 0.221 e. The van der Waals surface area contributed by atoms with E-state index in [-0.39, 0.29) is 18.3 Å². The van der Waals surface area contributed by atoms with Crippen LogP contribution in [-0.4, -0.2) is 43.2 Å². The van der Waals surface area contributed by atoms with Crippen LogP contribution >= 0.6 is 12.4 Å². The van der Waals surface area contributed by atoms with Crippen molar-refractivity contribution in [3.8, 4) is 11.5 Å². The number of hydrogen-bond acceptors (Lipinski definition) is 7. The molecule has 0 fully saturated rings. The average Bonchev–Trinajstić information content (AvgIpc) is 2.80. The van der Waals surface area contributed by atoms with Gasteiger partial charge in [0.2, 0.25) is 5.91 Å². The molecule has 0 spiro atoms. The van der Waals surface area contributed by atoms with Crippen molar-refractivity contribution >= 4 is 46.4 Å². The summed E-state index contributed by atoms with van der Waals surface area (Å²) in [7, 11) is 3.22. The van der Waals surface area contributed by atoms with E-state index in [4.69, 9.17) is 15.2 Å². The average molecular weight is 474 g/mol. The Kier molecular flexibility index (Phi) is 10.2. The number of unbranched alkanes of at least 4 members (excludes halogenated alkanes) is 3. The summed E-state index contributed by atoms with van der Waals surface area (Å²) in [5.41, 5.74) is 8.14. The number of halogens is 1. The Bertz CT molecular complexity index is 1050. The van der Waals surface area contributed by atoms with Crippen LogP contribution in [0.25, 0.3) is 10.9 Å². The number of rotatable bonds is 11. The van der Waals surface area contributed by atoms with E-state index in [0.29, 0.717) is 18.0 Å². The minimum Gasteiger partial charge on any atom is -0.493 e. The van der Waals surface area contributed by atoms with Crippen LogP contribution in [0.1, 0.15) is 32.6 Å². The molecular formula is C24H32ClN5O3. The number of nitrogens with one attached hydrogen (secondary N) is 1. The highest BCUT2D eigenvalue weighted by atomic mass is 35.5. The van der Waals surface area contributed by atoms with Crippen LogP contribution in [0.3, 0.4) is 0 Å². The number of nitrogens with two attached hydrogens (primary N) is 1. The molecule has 1 amide bonds. The van der Waals surface area contributed by atoms with Gasteiger partial charge in [-0.05, 0) is 49.7 Å². The van der Waals surface area contributed by atoms with Gasteiger partial charge < -0.3 is 25.4 Å². The maximum atomic E-state index is 11.4. The SMILES string of the molecule is COc1cc2ncnc(N(CCCCCCN)c3ccc(NC(C)=O)cc3)c2cc1OC.Cl. The lowest BCUT2D eigenvalue weighted by Crippen LogP contribution is -2.20. The van der Waals surface area contributed by atoms with Gasteiger partial charge in [0.05, 0.1) is 19.7 Å². The van der Waals surface area contributed by atoms with E-state index >= 15 is 0 Å². The third-order valence-electron chi connectivity index (χ3n) is 5.21. The summed E-state index contributed by atoms with van der Waals surface area (Å²) < 4.78 is 10.9. The summed E-state index contributed by atoms with van der Waals surface area (Å²) in [6, 6.07) is 11.5. The van der Waals surface area contributed by atoms with Crippen LogP contribution in [0.5, 0.6) is 11.5 Å². The van der Waals surface area contributed by atoms with Gasteiger partial charge in [0.1, 0.15) is 12.1 Å². The summed E-state index contributed by atoms with van der Waals surface area (Å²) >= 11 is 0. The van der Waals surface area contributed by atoms with Crippen LogP contribution in [0.15, 0.2) is 42.7 Å². The normalized spacial score (nSPS) is 10.4. The van der Waals surface area contributed by atoms with Crippen molar-refractivity contribution in [2.75, 3.05) is 37.5 Å². The topological polar surface area (TPSA) is 103 Å². The Morgan fingerprint density at radius 1 is 1.00 bits per heavy atom. The van der Waals surface area contributed by atoms with Gasteiger partial charge in [0.25, 0.3) is 0 Å². The number of carbonyl (C=O) groups excluding carboxylic acids is 1. The molecule has 8 nitrogen and oxygen atoms in total. The van der Waals surface area contributed by atoms with Gasteiger partial charge in [-0.2, -0.15) is 0 Å². The molecule has 1 aromatic heterocycles. The number of aromatic nitrogens is 2. The first-order valence-corrected chi connectivity index (χ1v) is 10.8. The van der Waals surface area contributed by atoms with Crippen LogP contribution in [0.2, 0.25) is 0 Å². The third kappa shape index (κ3) is 6.69. The number of benzene rings is 2. The molecule has 0 atom stereocenters. The van der Waals surface area contributed by atoms with Crippen LogP contribution in [0, 0.1) is 0 Å². The minimum atomic E-state index is -0.0997. The summed E-state index contributed by atoms with van der Waals surface area (Å²) in [6.07, 6.45) is 5.76. The highest BCUT2D eigenvalue weighted by Gasteiger charge is 2.17.